The number of aliphatic hydroxyl groups excluding tert-OH is 1. The van der Waals surface area contributed by atoms with Gasteiger partial charge in [0, 0.05) is 6.20 Å². The number of sulfonamides is 1. The molecule has 3 rings (SSSR count). The monoisotopic (exact) mass is 420 g/mol. The molecule has 2 heterocycles. The third kappa shape index (κ3) is 6.04. The van der Waals surface area contributed by atoms with Crippen molar-refractivity contribution in [3.05, 3.63) is 54.6 Å². The van der Waals surface area contributed by atoms with Gasteiger partial charge < -0.3 is 15.2 Å². The number of aliphatic hydroxyl groups is 1. The standard InChI is InChI=1S/C19H24N4O5S/c24-12-18-17(23-29(26,27)16-4-2-1-3-5-16)7-6-15(28-18)10-19(25)21-11-14-8-9-20-13-22-14/h1-5,8-9,13,15,17-18,23-24H,6-7,10-12H2,(H,21,25)/t15-,17+,18-/m0/s1. The van der Waals surface area contributed by atoms with E-state index in [1.165, 1.54) is 18.5 Å². The van der Waals surface area contributed by atoms with E-state index < -0.39 is 28.3 Å². The number of benzene rings is 1. The highest BCUT2D eigenvalue weighted by atomic mass is 32.2. The van der Waals surface area contributed by atoms with Crippen molar-refractivity contribution in [2.75, 3.05) is 6.61 Å². The quantitative estimate of drug-likeness (QED) is 0.562. The smallest absolute Gasteiger partial charge is 0.240 e. The molecule has 2 aromatic rings. The number of carbonyl (C=O) groups is 1. The number of hydrogen-bond donors (Lipinski definition) is 3. The molecular formula is C19H24N4O5S. The minimum absolute atomic E-state index is 0.125. The maximum atomic E-state index is 12.5. The molecule has 29 heavy (non-hydrogen) atoms. The Morgan fingerprint density at radius 3 is 2.69 bits per heavy atom. The SMILES string of the molecule is O=C(C[C@@H]1CC[C@@H](NS(=O)(=O)c2ccccc2)[C@H](CO)O1)NCc1ccncn1. The first-order chi connectivity index (χ1) is 14.0. The Bertz CT molecular complexity index is 895. The molecule has 156 valence electrons. The Labute approximate surface area is 169 Å². The van der Waals surface area contributed by atoms with Crippen LogP contribution in [0.3, 0.4) is 0 Å². The van der Waals surface area contributed by atoms with Gasteiger partial charge in [-0.05, 0) is 31.0 Å². The summed E-state index contributed by atoms with van der Waals surface area (Å²) in [6.07, 6.45) is 2.98. The summed E-state index contributed by atoms with van der Waals surface area (Å²) in [4.78, 5) is 20.2. The largest absolute Gasteiger partial charge is 0.394 e. The fourth-order valence-corrected chi connectivity index (χ4v) is 4.49. The molecule has 10 heteroatoms. The van der Waals surface area contributed by atoms with Crippen LogP contribution >= 0.6 is 0 Å². The second-order valence-electron chi connectivity index (χ2n) is 6.78. The van der Waals surface area contributed by atoms with Crippen molar-refractivity contribution in [3.8, 4) is 0 Å². The van der Waals surface area contributed by atoms with Crippen LogP contribution in [0, 0.1) is 0 Å². The molecule has 1 aliphatic heterocycles. The molecule has 1 aliphatic rings. The van der Waals surface area contributed by atoms with Crippen LogP contribution in [0.2, 0.25) is 0 Å². The molecule has 0 saturated carbocycles. The van der Waals surface area contributed by atoms with Crippen LogP contribution in [-0.4, -0.2) is 54.3 Å². The summed E-state index contributed by atoms with van der Waals surface area (Å²) in [6.45, 7) is -0.0575. The number of carbonyl (C=O) groups excluding carboxylic acids is 1. The van der Waals surface area contributed by atoms with Crippen LogP contribution in [0.4, 0.5) is 0 Å². The minimum atomic E-state index is -3.72. The van der Waals surface area contributed by atoms with Crippen molar-refractivity contribution in [1.82, 2.24) is 20.0 Å². The van der Waals surface area contributed by atoms with Crippen LogP contribution in [-0.2, 0) is 26.1 Å². The second kappa shape index (κ2) is 9.88. The van der Waals surface area contributed by atoms with Crippen LogP contribution in [0.5, 0.6) is 0 Å². The van der Waals surface area contributed by atoms with Crippen LogP contribution in [0.25, 0.3) is 0 Å². The number of nitrogens with zero attached hydrogens (tertiary/aromatic N) is 2. The van der Waals surface area contributed by atoms with Crippen molar-refractivity contribution in [3.63, 3.8) is 0 Å². The summed E-state index contributed by atoms with van der Waals surface area (Å²) in [6, 6.07) is 9.18. The fourth-order valence-electron chi connectivity index (χ4n) is 3.17. The number of ether oxygens (including phenoxy) is 1. The summed E-state index contributed by atoms with van der Waals surface area (Å²) in [5.41, 5.74) is 0.696. The van der Waals surface area contributed by atoms with E-state index in [0.717, 1.165) is 0 Å². The maximum absolute atomic E-state index is 12.5. The van der Waals surface area contributed by atoms with E-state index in [2.05, 4.69) is 20.0 Å². The van der Waals surface area contributed by atoms with Gasteiger partial charge in [0.25, 0.3) is 0 Å². The van der Waals surface area contributed by atoms with Gasteiger partial charge in [0.1, 0.15) is 6.33 Å². The van der Waals surface area contributed by atoms with Gasteiger partial charge in [-0.3, -0.25) is 4.79 Å². The third-order valence-corrected chi connectivity index (χ3v) is 6.18. The van der Waals surface area contributed by atoms with E-state index in [1.54, 1.807) is 30.5 Å². The van der Waals surface area contributed by atoms with Gasteiger partial charge in [-0.2, -0.15) is 0 Å². The molecule has 1 aromatic carbocycles. The molecule has 0 spiro atoms. The normalized spacial score (nSPS) is 22.2. The maximum Gasteiger partial charge on any atom is 0.240 e. The number of amides is 1. The average Bonchev–Trinajstić information content (AvgIpc) is 2.74. The van der Waals surface area contributed by atoms with Crippen molar-refractivity contribution < 1.29 is 23.1 Å². The van der Waals surface area contributed by atoms with Crippen LogP contribution in [0.1, 0.15) is 25.0 Å². The topological polar surface area (TPSA) is 131 Å². The van der Waals surface area contributed by atoms with E-state index in [4.69, 9.17) is 4.74 Å². The van der Waals surface area contributed by atoms with E-state index in [0.29, 0.717) is 18.5 Å². The molecule has 3 N–H and O–H groups in total. The molecule has 0 radical (unpaired) electrons. The Kier molecular flexibility index (Phi) is 7.26. The van der Waals surface area contributed by atoms with Crippen molar-refractivity contribution in [2.24, 2.45) is 0 Å². The first-order valence-corrected chi connectivity index (χ1v) is 10.8. The third-order valence-electron chi connectivity index (χ3n) is 4.68. The summed E-state index contributed by atoms with van der Waals surface area (Å²) in [5.74, 6) is -0.200. The van der Waals surface area contributed by atoms with Gasteiger partial charge in [-0.1, -0.05) is 18.2 Å². The first kappa shape index (κ1) is 21.3. The second-order valence-corrected chi connectivity index (χ2v) is 8.49. The zero-order chi connectivity index (χ0) is 20.7. The van der Waals surface area contributed by atoms with Gasteiger partial charge in [0.05, 0.1) is 48.4 Å². The van der Waals surface area contributed by atoms with E-state index in [1.807, 2.05) is 0 Å². The zero-order valence-corrected chi connectivity index (χ0v) is 16.6. The lowest BCUT2D eigenvalue weighted by atomic mass is 9.98. The van der Waals surface area contributed by atoms with E-state index in [9.17, 15) is 18.3 Å². The number of rotatable bonds is 8. The fraction of sp³-hybridized carbons (Fsp3) is 0.421. The summed E-state index contributed by atoms with van der Waals surface area (Å²) >= 11 is 0. The van der Waals surface area contributed by atoms with E-state index in [-0.39, 0.29) is 30.4 Å². The predicted octanol–water partition coefficient (Wildman–Crippen LogP) is 0.370. The summed E-state index contributed by atoms with van der Waals surface area (Å²) in [5, 5.41) is 12.4. The minimum Gasteiger partial charge on any atom is -0.394 e. The highest BCUT2D eigenvalue weighted by Gasteiger charge is 2.34. The van der Waals surface area contributed by atoms with Crippen molar-refractivity contribution in [1.29, 1.82) is 0 Å². The molecule has 1 amide bonds. The van der Waals surface area contributed by atoms with Gasteiger partial charge in [-0.25, -0.2) is 23.1 Å². The lowest BCUT2D eigenvalue weighted by Gasteiger charge is -2.35. The van der Waals surface area contributed by atoms with Gasteiger partial charge in [-0.15, -0.1) is 0 Å². The Morgan fingerprint density at radius 1 is 1.21 bits per heavy atom. The molecule has 1 fully saturated rings. The average molecular weight is 420 g/mol. The molecule has 9 nitrogen and oxygen atoms in total. The van der Waals surface area contributed by atoms with Crippen LogP contribution < -0.4 is 10.0 Å². The Morgan fingerprint density at radius 2 is 2.00 bits per heavy atom. The predicted molar refractivity (Wildman–Crippen MR) is 104 cm³/mol. The summed E-state index contributed by atoms with van der Waals surface area (Å²) < 4.78 is 33.4. The lowest BCUT2D eigenvalue weighted by molar-refractivity contribution is -0.130. The van der Waals surface area contributed by atoms with E-state index >= 15 is 0 Å². The zero-order valence-electron chi connectivity index (χ0n) is 15.8. The summed E-state index contributed by atoms with van der Waals surface area (Å²) in [7, 11) is -3.72. The molecule has 3 atom stereocenters. The lowest BCUT2D eigenvalue weighted by Crippen LogP contribution is -2.51. The first-order valence-electron chi connectivity index (χ1n) is 9.33. The molecule has 0 bridgehead atoms. The van der Waals surface area contributed by atoms with Crippen molar-refractivity contribution >= 4 is 15.9 Å². The molecule has 0 unspecified atom stereocenters. The highest BCUT2D eigenvalue weighted by Crippen LogP contribution is 2.23. The number of hydrogen-bond acceptors (Lipinski definition) is 7. The molecule has 1 saturated heterocycles. The van der Waals surface area contributed by atoms with Crippen LogP contribution in [0.15, 0.2) is 53.8 Å². The van der Waals surface area contributed by atoms with Gasteiger partial charge in [0.15, 0.2) is 0 Å². The number of aromatic nitrogens is 2. The molecule has 1 aromatic heterocycles. The van der Waals surface area contributed by atoms with Gasteiger partial charge >= 0.3 is 0 Å². The number of nitrogens with one attached hydrogen (secondary N) is 2. The molecular weight excluding hydrogens is 396 g/mol. The van der Waals surface area contributed by atoms with Crippen molar-refractivity contribution in [2.45, 2.75) is 49.0 Å². The Hall–Kier alpha value is -2.40. The Balaban J connectivity index is 1.52. The highest BCUT2D eigenvalue weighted by molar-refractivity contribution is 7.89. The molecule has 0 aliphatic carbocycles. The van der Waals surface area contributed by atoms with Gasteiger partial charge in [0.2, 0.25) is 15.9 Å².